The van der Waals surface area contributed by atoms with Crippen molar-refractivity contribution in [2.24, 2.45) is 0 Å². The molecule has 0 spiro atoms. The Bertz CT molecular complexity index is 856. The van der Waals surface area contributed by atoms with Gasteiger partial charge in [-0.1, -0.05) is 37.3 Å². The second-order valence-corrected chi connectivity index (χ2v) is 9.51. The van der Waals surface area contributed by atoms with Crippen LogP contribution in [0.4, 0.5) is 5.69 Å². The van der Waals surface area contributed by atoms with Crippen LogP contribution in [0.25, 0.3) is 0 Å². The van der Waals surface area contributed by atoms with Crippen molar-refractivity contribution >= 4 is 33.4 Å². The molecular formula is C21H28N2O4S2. The standard InChI is InChI=1S/C21H28N2O4S2/c1-3-14-27-20-11-9-19(10-12-20)23(29(2,25)26)16-21(24)22-13-15-28-17-18-7-5-4-6-8-18/h4-12H,3,13-17H2,1-2H3,(H,22,24). The van der Waals surface area contributed by atoms with Gasteiger partial charge >= 0.3 is 0 Å². The zero-order chi connectivity index (χ0) is 21.1. The fraction of sp³-hybridized carbons (Fsp3) is 0.381. The second kappa shape index (κ2) is 11.7. The molecule has 0 heterocycles. The summed E-state index contributed by atoms with van der Waals surface area (Å²) in [6.07, 6.45) is 1.98. The summed E-state index contributed by atoms with van der Waals surface area (Å²) in [5.74, 6) is 1.97. The quantitative estimate of drug-likeness (QED) is 0.517. The highest BCUT2D eigenvalue weighted by Crippen LogP contribution is 2.21. The van der Waals surface area contributed by atoms with E-state index in [4.69, 9.17) is 4.74 Å². The van der Waals surface area contributed by atoms with Crippen LogP contribution in [-0.4, -0.2) is 46.0 Å². The third-order valence-corrected chi connectivity index (χ3v) is 6.14. The van der Waals surface area contributed by atoms with E-state index in [1.807, 2.05) is 25.1 Å². The molecular weight excluding hydrogens is 408 g/mol. The predicted octanol–water partition coefficient (Wildman–Crippen LogP) is 3.29. The highest BCUT2D eigenvalue weighted by atomic mass is 32.2. The first-order valence-corrected chi connectivity index (χ1v) is 12.5. The van der Waals surface area contributed by atoms with Gasteiger partial charge in [0.2, 0.25) is 15.9 Å². The van der Waals surface area contributed by atoms with Crippen molar-refractivity contribution < 1.29 is 17.9 Å². The molecule has 0 unspecified atom stereocenters. The maximum Gasteiger partial charge on any atom is 0.240 e. The SMILES string of the molecule is CCCOc1ccc(N(CC(=O)NCCSCc2ccccc2)S(C)(=O)=O)cc1. The van der Waals surface area contributed by atoms with Gasteiger partial charge in [0.05, 0.1) is 18.6 Å². The Labute approximate surface area is 177 Å². The normalized spacial score (nSPS) is 11.1. The van der Waals surface area contributed by atoms with Gasteiger partial charge in [0.15, 0.2) is 0 Å². The molecule has 0 aliphatic carbocycles. The third-order valence-electron chi connectivity index (χ3n) is 3.97. The van der Waals surface area contributed by atoms with Crippen LogP contribution in [0, 0.1) is 0 Å². The van der Waals surface area contributed by atoms with E-state index in [-0.39, 0.29) is 12.5 Å². The molecule has 0 aliphatic heterocycles. The van der Waals surface area contributed by atoms with Crippen molar-refractivity contribution in [3.05, 3.63) is 60.2 Å². The molecule has 0 fully saturated rings. The minimum atomic E-state index is -3.59. The number of hydrogen-bond acceptors (Lipinski definition) is 5. The van der Waals surface area contributed by atoms with Crippen molar-refractivity contribution in [3.8, 4) is 5.75 Å². The Balaban J connectivity index is 1.83. The predicted molar refractivity (Wildman–Crippen MR) is 120 cm³/mol. The Morgan fingerprint density at radius 1 is 1.10 bits per heavy atom. The number of nitrogens with zero attached hydrogens (tertiary/aromatic N) is 1. The summed E-state index contributed by atoms with van der Waals surface area (Å²) in [5, 5.41) is 2.79. The van der Waals surface area contributed by atoms with Gasteiger partial charge in [-0.2, -0.15) is 11.8 Å². The van der Waals surface area contributed by atoms with Gasteiger partial charge in [-0.05, 0) is 36.2 Å². The van der Waals surface area contributed by atoms with E-state index in [2.05, 4.69) is 17.4 Å². The van der Waals surface area contributed by atoms with Gasteiger partial charge in [0.1, 0.15) is 12.3 Å². The third kappa shape index (κ3) is 8.37. The zero-order valence-corrected chi connectivity index (χ0v) is 18.5. The van der Waals surface area contributed by atoms with Crippen molar-refractivity contribution in [1.82, 2.24) is 5.32 Å². The first-order chi connectivity index (χ1) is 13.9. The molecule has 1 amide bonds. The molecule has 0 saturated heterocycles. The van der Waals surface area contributed by atoms with Crippen molar-refractivity contribution in [2.45, 2.75) is 19.1 Å². The zero-order valence-electron chi connectivity index (χ0n) is 16.8. The van der Waals surface area contributed by atoms with Crippen LogP contribution in [-0.2, 0) is 20.6 Å². The van der Waals surface area contributed by atoms with E-state index in [9.17, 15) is 13.2 Å². The molecule has 29 heavy (non-hydrogen) atoms. The van der Waals surface area contributed by atoms with E-state index in [0.29, 0.717) is 24.6 Å². The van der Waals surface area contributed by atoms with Crippen LogP contribution in [0.1, 0.15) is 18.9 Å². The molecule has 1 N–H and O–H groups in total. The van der Waals surface area contributed by atoms with Gasteiger partial charge < -0.3 is 10.1 Å². The molecule has 158 valence electrons. The van der Waals surface area contributed by atoms with Crippen LogP contribution >= 0.6 is 11.8 Å². The van der Waals surface area contributed by atoms with E-state index < -0.39 is 10.0 Å². The number of thioether (sulfide) groups is 1. The number of nitrogens with one attached hydrogen (secondary N) is 1. The average Bonchev–Trinajstić information content (AvgIpc) is 2.71. The lowest BCUT2D eigenvalue weighted by Crippen LogP contribution is -2.41. The molecule has 2 rings (SSSR count). The number of carbonyl (C=O) groups excluding carboxylic acids is 1. The molecule has 8 heteroatoms. The number of anilines is 1. The van der Waals surface area contributed by atoms with E-state index in [1.54, 1.807) is 36.0 Å². The average molecular weight is 437 g/mol. The summed E-state index contributed by atoms with van der Waals surface area (Å²) in [4.78, 5) is 12.3. The Hall–Kier alpha value is -2.19. The number of hydrogen-bond donors (Lipinski definition) is 1. The molecule has 0 bridgehead atoms. The van der Waals surface area contributed by atoms with Gasteiger partial charge in [0.25, 0.3) is 0 Å². The van der Waals surface area contributed by atoms with Crippen molar-refractivity contribution in [2.75, 3.05) is 36.0 Å². The van der Waals surface area contributed by atoms with Crippen molar-refractivity contribution in [3.63, 3.8) is 0 Å². The molecule has 0 atom stereocenters. The summed E-state index contributed by atoms with van der Waals surface area (Å²) >= 11 is 1.72. The highest BCUT2D eigenvalue weighted by molar-refractivity contribution is 7.98. The Kier molecular flexibility index (Phi) is 9.34. The van der Waals surface area contributed by atoms with Crippen LogP contribution in [0.3, 0.4) is 0 Å². The van der Waals surface area contributed by atoms with Crippen LogP contribution in [0.5, 0.6) is 5.75 Å². The Morgan fingerprint density at radius 2 is 1.79 bits per heavy atom. The highest BCUT2D eigenvalue weighted by Gasteiger charge is 2.20. The fourth-order valence-corrected chi connectivity index (χ4v) is 4.22. The minimum absolute atomic E-state index is 0.253. The maximum absolute atomic E-state index is 12.3. The number of ether oxygens (including phenoxy) is 1. The van der Waals surface area contributed by atoms with Crippen LogP contribution < -0.4 is 14.4 Å². The molecule has 0 radical (unpaired) electrons. The Morgan fingerprint density at radius 3 is 2.41 bits per heavy atom. The number of carbonyl (C=O) groups is 1. The number of sulfonamides is 1. The largest absolute Gasteiger partial charge is 0.494 e. The number of amides is 1. The van der Waals surface area contributed by atoms with Crippen LogP contribution in [0.2, 0.25) is 0 Å². The van der Waals surface area contributed by atoms with Gasteiger partial charge in [-0.25, -0.2) is 8.42 Å². The fourth-order valence-electron chi connectivity index (χ4n) is 2.54. The smallest absolute Gasteiger partial charge is 0.240 e. The second-order valence-electron chi connectivity index (χ2n) is 6.50. The van der Waals surface area contributed by atoms with E-state index in [1.165, 1.54) is 5.56 Å². The summed E-state index contributed by atoms with van der Waals surface area (Å²) in [7, 11) is -3.59. The molecule has 2 aromatic carbocycles. The summed E-state index contributed by atoms with van der Waals surface area (Å²) in [6.45, 7) is 2.84. The minimum Gasteiger partial charge on any atom is -0.494 e. The molecule has 2 aromatic rings. The van der Waals surface area contributed by atoms with Gasteiger partial charge in [-0.3, -0.25) is 9.10 Å². The lowest BCUT2D eigenvalue weighted by molar-refractivity contribution is -0.119. The summed E-state index contributed by atoms with van der Waals surface area (Å²) in [6, 6.07) is 16.8. The van der Waals surface area contributed by atoms with E-state index in [0.717, 1.165) is 28.5 Å². The summed E-state index contributed by atoms with van der Waals surface area (Å²) < 4.78 is 31.0. The maximum atomic E-state index is 12.3. The molecule has 6 nitrogen and oxygen atoms in total. The molecule has 0 aromatic heterocycles. The monoisotopic (exact) mass is 436 g/mol. The number of rotatable bonds is 12. The lowest BCUT2D eigenvalue weighted by Gasteiger charge is -2.22. The summed E-state index contributed by atoms with van der Waals surface area (Å²) in [5.41, 5.74) is 1.67. The first kappa shape index (κ1) is 23.1. The number of benzene rings is 2. The van der Waals surface area contributed by atoms with E-state index >= 15 is 0 Å². The van der Waals surface area contributed by atoms with Crippen molar-refractivity contribution in [1.29, 1.82) is 0 Å². The first-order valence-electron chi connectivity index (χ1n) is 9.49. The van der Waals surface area contributed by atoms with Crippen LogP contribution in [0.15, 0.2) is 54.6 Å². The molecule has 0 aliphatic rings. The van der Waals surface area contributed by atoms with Gasteiger partial charge in [-0.15, -0.1) is 0 Å². The van der Waals surface area contributed by atoms with Gasteiger partial charge in [0, 0.05) is 18.1 Å². The topological polar surface area (TPSA) is 75.7 Å². The lowest BCUT2D eigenvalue weighted by atomic mass is 10.2. The molecule has 0 saturated carbocycles.